The number of ether oxygens (including phenoxy) is 6. The molecule has 0 spiro atoms. The number of hydrogen-bond donors (Lipinski definition) is 0. The Kier molecular flexibility index (Phi) is 4.44. The van der Waals surface area contributed by atoms with Gasteiger partial charge in [-0.25, -0.2) is 0 Å². The molecular formula is C20H18O6S2. The Labute approximate surface area is 170 Å². The van der Waals surface area contributed by atoms with Crippen molar-refractivity contribution in [2.75, 3.05) is 40.6 Å². The average molecular weight is 418 g/mol. The van der Waals surface area contributed by atoms with Crippen LogP contribution in [-0.2, 0) is 0 Å². The number of hydrogen-bond acceptors (Lipinski definition) is 8. The maximum atomic E-state index is 5.85. The summed E-state index contributed by atoms with van der Waals surface area (Å²) in [6, 6.07) is 3.96. The zero-order valence-electron chi connectivity index (χ0n) is 15.4. The van der Waals surface area contributed by atoms with E-state index in [1.807, 2.05) is 22.9 Å². The van der Waals surface area contributed by atoms with Gasteiger partial charge in [-0.3, -0.25) is 0 Å². The highest BCUT2D eigenvalue weighted by Gasteiger charge is 2.27. The fourth-order valence-electron chi connectivity index (χ4n) is 3.35. The number of methoxy groups -OCH3 is 2. The van der Waals surface area contributed by atoms with Gasteiger partial charge in [-0.2, -0.15) is 0 Å². The maximum Gasteiger partial charge on any atom is 0.180 e. The lowest BCUT2D eigenvalue weighted by Gasteiger charge is -2.19. The highest BCUT2D eigenvalue weighted by Crippen LogP contribution is 2.53. The van der Waals surface area contributed by atoms with Crippen LogP contribution in [0.15, 0.2) is 22.9 Å². The Hall–Kier alpha value is -2.58. The van der Waals surface area contributed by atoms with Crippen molar-refractivity contribution in [3.8, 4) is 55.4 Å². The van der Waals surface area contributed by atoms with Gasteiger partial charge < -0.3 is 28.4 Å². The Bertz CT molecular complexity index is 940. The summed E-state index contributed by atoms with van der Waals surface area (Å²) in [6.07, 6.45) is 0. The molecule has 28 heavy (non-hydrogen) atoms. The van der Waals surface area contributed by atoms with Crippen LogP contribution in [0.25, 0.3) is 20.9 Å². The van der Waals surface area contributed by atoms with Crippen LogP contribution in [0.5, 0.6) is 34.5 Å². The topological polar surface area (TPSA) is 55.4 Å². The maximum absolute atomic E-state index is 5.85. The van der Waals surface area contributed by atoms with Crippen LogP contribution in [0.3, 0.4) is 0 Å². The van der Waals surface area contributed by atoms with Gasteiger partial charge in [0.15, 0.2) is 23.0 Å². The van der Waals surface area contributed by atoms with Gasteiger partial charge in [0.25, 0.3) is 0 Å². The number of fused-ring (bicyclic) bond motifs is 2. The third-order valence-electron chi connectivity index (χ3n) is 4.61. The van der Waals surface area contributed by atoms with Crippen LogP contribution in [0.4, 0.5) is 0 Å². The van der Waals surface area contributed by atoms with Crippen molar-refractivity contribution >= 4 is 22.7 Å². The molecule has 0 fully saturated rings. The van der Waals surface area contributed by atoms with E-state index < -0.39 is 0 Å². The van der Waals surface area contributed by atoms with E-state index in [9.17, 15) is 0 Å². The van der Waals surface area contributed by atoms with Gasteiger partial charge in [0, 0.05) is 21.9 Å². The smallest absolute Gasteiger partial charge is 0.180 e. The first-order chi connectivity index (χ1) is 13.8. The molecule has 0 bridgehead atoms. The van der Waals surface area contributed by atoms with E-state index in [1.54, 1.807) is 36.9 Å². The fourth-order valence-corrected chi connectivity index (χ4v) is 5.26. The molecule has 0 atom stereocenters. The standard InChI is InChI=1S/C20H18O6S2/c1-21-13-7-12(20-18-16(10-28-20)24-4-6-26-18)14(22-2)8-11(13)19-17-15(9-27-19)23-3-5-25-17/h7-10H,3-6H2,1-2H3. The third kappa shape index (κ3) is 2.75. The lowest BCUT2D eigenvalue weighted by Crippen LogP contribution is -2.14. The molecule has 2 aliphatic heterocycles. The second kappa shape index (κ2) is 7.10. The average Bonchev–Trinajstić information content (AvgIpc) is 3.37. The molecule has 146 valence electrons. The van der Waals surface area contributed by atoms with Gasteiger partial charge in [0.2, 0.25) is 0 Å². The zero-order chi connectivity index (χ0) is 19.1. The minimum absolute atomic E-state index is 0.535. The van der Waals surface area contributed by atoms with Crippen LogP contribution < -0.4 is 28.4 Å². The van der Waals surface area contributed by atoms with E-state index in [-0.39, 0.29) is 0 Å². The van der Waals surface area contributed by atoms with Gasteiger partial charge in [0.1, 0.15) is 37.9 Å². The summed E-state index contributed by atoms with van der Waals surface area (Å²) in [5.74, 6) is 4.52. The van der Waals surface area contributed by atoms with Crippen LogP contribution in [-0.4, -0.2) is 40.6 Å². The van der Waals surface area contributed by atoms with Crippen LogP contribution in [0, 0.1) is 0 Å². The summed E-state index contributed by atoms with van der Waals surface area (Å²) in [4.78, 5) is 1.92. The molecule has 0 unspecified atom stereocenters. The molecule has 5 rings (SSSR count). The van der Waals surface area contributed by atoms with E-state index >= 15 is 0 Å². The van der Waals surface area contributed by atoms with Crippen LogP contribution in [0.1, 0.15) is 0 Å². The molecule has 6 nitrogen and oxygen atoms in total. The van der Waals surface area contributed by atoms with Gasteiger partial charge in [-0.05, 0) is 12.1 Å². The van der Waals surface area contributed by atoms with E-state index in [0.29, 0.717) is 26.4 Å². The van der Waals surface area contributed by atoms with E-state index in [4.69, 9.17) is 28.4 Å². The highest BCUT2D eigenvalue weighted by molar-refractivity contribution is 7.14. The van der Waals surface area contributed by atoms with Gasteiger partial charge >= 0.3 is 0 Å². The summed E-state index contributed by atoms with van der Waals surface area (Å²) < 4.78 is 34.5. The Morgan fingerprint density at radius 2 is 1.11 bits per heavy atom. The molecular weight excluding hydrogens is 400 g/mol. The van der Waals surface area contributed by atoms with Crippen molar-refractivity contribution in [3.05, 3.63) is 22.9 Å². The molecule has 0 amide bonds. The molecule has 3 aromatic rings. The number of benzene rings is 1. The molecule has 0 aliphatic carbocycles. The third-order valence-corrected chi connectivity index (χ3v) is 6.56. The molecule has 0 N–H and O–H groups in total. The first kappa shape index (κ1) is 17.5. The van der Waals surface area contributed by atoms with E-state index in [2.05, 4.69) is 0 Å². The fraction of sp³-hybridized carbons (Fsp3) is 0.300. The van der Waals surface area contributed by atoms with Gasteiger partial charge in [0.05, 0.1) is 24.0 Å². The van der Waals surface area contributed by atoms with Crippen molar-refractivity contribution in [1.29, 1.82) is 0 Å². The molecule has 0 saturated carbocycles. The summed E-state index contributed by atoms with van der Waals surface area (Å²) in [7, 11) is 3.33. The number of rotatable bonds is 4. The second-order valence-electron chi connectivity index (χ2n) is 6.16. The minimum atomic E-state index is 0.535. The Morgan fingerprint density at radius 3 is 1.54 bits per heavy atom. The molecule has 2 aromatic heterocycles. The van der Waals surface area contributed by atoms with Crippen molar-refractivity contribution in [3.63, 3.8) is 0 Å². The molecule has 1 aromatic carbocycles. The van der Waals surface area contributed by atoms with Crippen molar-refractivity contribution in [1.82, 2.24) is 0 Å². The normalized spacial score (nSPS) is 14.6. The van der Waals surface area contributed by atoms with Gasteiger partial charge in [-0.1, -0.05) is 0 Å². The van der Waals surface area contributed by atoms with Crippen molar-refractivity contribution in [2.45, 2.75) is 0 Å². The Balaban J connectivity index is 1.66. The molecule has 2 aliphatic rings. The predicted molar refractivity (Wildman–Crippen MR) is 108 cm³/mol. The molecule has 8 heteroatoms. The van der Waals surface area contributed by atoms with Crippen LogP contribution in [0.2, 0.25) is 0 Å². The summed E-state index contributed by atoms with van der Waals surface area (Å²) in [5.41, 5.74) is 1.81. The van der Waals surface area contributed by atoms with E-state index in [1.165, 1.54) is 0 Å². The predicted octanol–water partition coefficient (Wildman–Crippen LogP) is 4.70. The first-order valence-corrected chi connectivity index (χ1v) is 10.6. The van der Waals surface area contributed by atoms with Crippen LogP contribution >= 0.6 is 22.7 Å². The zero-order valence-corrected chi connectivity index (χ0v) is 17.0. The molecule has 0 radical (unpaired) electrons. The molecule has 0 saturated heterocycles. The van der Waals surface area contributed by atoms with Gasteiger partial charge in [-0.15, -0.1) is 22.7 Å². The summed E-state index contributed by atoms with van der Waals surface area (Å²) >= 11 is 3.13. The first-order valence-electron chi connectivity index (χ1n) is 8.81. The van der Waals surface area contributed by atoms with E-state index in [0.717, 1.165) is 55.4 Å². The number of thiophene rings is 2. The monoisotopic (exact) mass is 418 g/mol. The molecule has 4 heterocycles. The summed E-state index contributed by atoms with van der Waals surface area (Å²) in [5, 5.41) is 3.93. The largest absolute Gasteiger partial charge is 0.496 e. The second-order valence-corrected chi connectivity index (χ2v) is 7.92. The highest BCUT2D eigenvalue weighted by atomic mass is 32.1. The van der Waals surface area contributed by atoms with Crippen molar-refractivity contribution < 1.29 is 28.4 Å². The minimum Gasteiger partial charge on any atom is -0.496 e. The van der Waals surface area contributed by atoms with Crippen molar-refractivity contribution in [2.24, 2.45) is 0 Å². The lowest BCUT2D eigenvalue weighted by atomic mass is 10.0. The summed E-state index contributed by atoms with van der Waals surface area (Å²) in [6.45, 7) is 2.20. The Morgan fingerprint density at radius 1 is 0.679 bits per heavy atom. The quantitative estimate of drug-likeness (QED) is 0.612. The SMILES string of the molecule is COc1cc(-c2scc3c2OCCO3)c(OC)cc1-c1scc2c1OCCO2. The lowest BCUT2D eigenvalue weighted by molar-refractivity contribution is 0.174.